The Hall–Kier alpha value is -3.31. The Bertz CT molecular complexity index is 1340. The average Bonchev–Trinajstić information content (AvgIpc) is 3.19. The summed E-state index contributed by atoms with van der Waals surface area (Å²) in [5.74, 6) is 1.35. The van der Waals surface area contributed by atoms with E-state index in [1.54, 1.807) is 0 Å². The fourth-order valence-electron chi connectivity index (χ4n) is 5.56. The van der Waals surface area contributed by atoms with E-state index in [1.165, 1.54) is 40.4 Å². The fourth-order valence-corrected chi connectivity index (χ4v) is 6.60. The van der Waals surface area contributed by atoms with Crippen molar-refractivity contribution in [2.75, 3.05) is 0 Å². The molecule has 0 unspecified atom stereocenters. The van der Waals surface area contributed by atoms with Crippen LogP contribution in [0.1, 0.15) is 60.4 Å². The van der Waals surface area contributed by atoms with Crippen LogP contribution < -0.4 is 4.74 Å². The summed E-state index contributed by atoms with van der Waals surface area (Å²) in [6.45, 7) is 9.20. The van der Waals surface area contributed by atoms with Crippen LogP contribution in [-0.2, 0) is 11.4 Å². The quantitative estimate of drug-likeness (QED) is 0.304. The van der Waals surface area contributed by atoms with E-state index in [1.807, 2.05) is 65.6 Å². The maximum absolute atomic E-state index is 13.7. The molecule has 0 N–H and O–H groups in total. The first kappa shape index (κ1) is 26.3. The van der Waals surface area contributed by atoms with Crippen molar-refractivity contribution in [1.29, 1.82) is 0 Å². The summed E-state index contributed by atoms with van der Waals surface area (Å²) in [7, 11) is 0. The molecule has 0 spiro atoms. The monoisotopic (exact) mass is 524 g/mol. The van der Waals surface area contributed by atoms with Gasteiger partial charge in [-0.05, 0) is 104 Å². The summed E-state index contributed by atoms with van der Waals surface area (Å²) >= 11 is 1.48. The molecular formula is C33H36N2O2S. The lowest BCUT2D eigenvalue weighted by Gasteiger charge is -2.35. The zero-order chi connectivity index (χ0) is 26.6. The van der Waals surface area contributed by atoms with Crippen LogP contribution in [0.15, 0.2) is 76.6 Å². The first-order chi connectivity index (χ1) is 18.4. The van der Waals surface area contributed by atoms with Gasteiger partial charge >= 0.3 is 0 Å². The highest BCUT2D eigenvalue weighted by molar-refractivity contribution is 8.18. The topological polar surface area (TPSA) is 41.9 Å². The van der Waals surface area contributed by atoms with Crippen molar-refractivity contribution in [2.24, 2.45) is 10.9 Å². The number of aliphatic imine (C=N–C) groups is 1. The van der Waals surface area contributed by atoms with Crippen LogP contribution in [0.5, 0.6) is 5.75 Å². The third-order valence-electron chi connectivity index (χ3n) is 7.62. The highest BCUT2D eigenvalue weighted by Crippen LogP contribution is 2.40. The molecule has 0 aromatic heterocycles. The molecule has 1 saturated carbocycles. The number of ether oxygens (including phenoxy) is 1. The van der Waals surface area contributed by atoms with Crippen LogP contribution in [0, 0.1) is 26.7 Å². The molecule has 0 bridgehead atoms. The van der Waals surface area contributed by atoms with Gasteiger partial charge < -0.3 is 4.74 Å². The van der Waals surface area contributed by atoms with E-state index in [2.05, 4.69) is 39.8 Å². The molecule has 4 nitrogen and oxygen atoms in total. The van der Waals surface area contributed by atoms with Crippen LogP contribution in [0.4, 0.5) is 5.69 Å². The molecule has 196 valence electrons. The van der Waals surface area contributed by atoms with Gasteiger partial charge in [-0.15, -0.1) is 0 Å². The summed E-state index contributed by atoms with van der Waals surface area (Å²) in [6, 6.07) is 22.5. The smallest absolute Gasteiger partial charge is 0.267 e. The SMILES string of the molecule is Cc1cc(C)c(COc2ccc(/C=C3\SC(=Nc4ccccc4)N([C@@H]4CCCC[C@@H]4C)C3=O)cc2)c(C)c1. The molecule has 2 aliphatic rings. The minimum atomic E-state index is 0.0640. The van der Waals surface area contributed by atoms with Gasteiger partial charge in [-0.1, -0.05) is 67.8 Å². The average molecular weight is 525 g/mol. The van der Waals surface area contributed by atoms with Crippen LogP contribution in [0.3, 0.4) is 0 Å². The summed E-state index contributed by atoms with van der Waals surface area (Å²) < 4.78 is 6.11. The standard InChI is InChI=1S/C33H36N2O2S/c1-22-18-24(3)29(25(4)19-22)21-37-28-16-14-26(15-17-28)20-31-32(36)35(30-13-9-8-10-23(30)2)33(38-31)34-27-11-6-5-7-12-27/h5-7,11-12,14-20,23,30H,8-10,13,21H2,1-4H3/b31-20-,34-33?/t23-,30+/m0/s1. The molecule has 1 heterocycles. The number of amides is 1. The predicted molar refractivity (Wildman–Crippen MR) is 159 cm³/mol. The maximum atomic E-state index is 13.7. The molecule has 1 aliphatic carbocycles. The normalized spacial score (nSPS) is 21.9. The summed E-state index contributed by atoms with van der Waals surface area (Å²) in [4.78, 5) is 21.3. The van der Waals surface area contributed by atoms with Crippen molar-refractivity contribution in [3.8, 4) is 5.75 Å². The first-order valence-corrected chi connectivity index (χ1v) is 14.4. The van der Waals surface area contributed by atoms with Crippen LogP contribution in [0.2, 0.25) is 0 Å². The van der Waals surface area contributed by atoms with Crippen molar-refractivity contribution >= 4 is 34.6 Å². The van der Waals surface area contributed by atoms with E-state index >= 15 is 0 Å². The third-order valence-corrected chi connectivity index (χ3v) is 8.60. The molecular weight excluding hydrogens is 488 g/mol. The molecule has 38 heavy (non-hydrogen) atoms. The maximum Gasteiger partial charge on any atom is 0.267 e. The van der Waals surface area contributed by atoms with Gasteiger partial charge in [0, 0.05) is 6.04 Å². The number of hydrogen-bond donors (Lipinski definition) is 0. The van der Waals surface area contributed by atoms with E-state index in [-0.39, 0.29) is 11.9 Å². The van der Waals surface area contributed by atoms with Gasteiger partial charge in [-0.25, -0.2) is 4.99 Å². The van der Waals surface area contributed by atoms with Gasteiger partial charge in [0.15, 0.2) is 5.17 Å². The number of hydrogen-bond acceptors (Lipinski definition) is 4. The highest BCUT2D eigenvalue weighted by Gasteiger charge is 2.41. The number of thioether (sulfide) groups is 1. The second kappa shape index (κ2) is 11.6. The van der Waals surface area contributed by atoms with Crippen molar-refractivity contribution < 1.29 is 9.53 Å². The number of aryl methyl sites for hydroxylation is 3. The second-order valence-electron chi connectivity index (χ2n) is 10.6. The molecule has 2 fully saturated rings. The minimum absolute atomic E-state index is 0.0640. The van der Waals surface area contributed by atoms with Crippen LogP contribution >= 0.6 is 11.8 Å². The van der Waals surface area contributed by atoms with Gasteiger partial charge in [-0.2, -0.15) is 0 Å². The Morgan fingerprint density at radius 1 is 0.974 bits per heavy atom. The number of carbonyl (C=O) groups excluding carboxylic acids is 1. The molecule has 3 aromatic rings. The number of rotatable bonds is 6. The molecule has 3 aromatic carbocycles. The Morgan fingerprint density at radius 3 is 2.34 bits per heavy atom. The lowest BCUT2D eigenvalue weighted by molar-refractivity contribution is -0.124. The molecule has 1 amide bonds. The lowest BCUT2D eigenvalue weighted by Crippen LogP contribution is -2.44. The van der Waals surface area contributed by atoms with Crippen LogP contribution in [-0.4, -0.2) is 22.0 Å². The largest absolute Gasteiger partial charge is 0.489 e. The molecule has 1 aliphatic heterocycles. The third kappa shape index (κ3) is 5.88. The zero-order valence-corrected chi connectivity index (χ0v) is 23.6. The van der Waals surface area contributed by atoms with E-state index in [9.17, 15) is 4.79 Å². The second-order valence-corrected chi connectivity index (χ2v) is 11.6. The number of nitrogens with zero attached hydrogens (tertiary/aromatic N) is 2. The van der Waals surface area contributed by atoms with E-state index in [4.69, 9.17) is 9.73 Å². The Balaban J connectivity index is 1.35. The minimum Gasteiger partial charge on any atom is -0.489 e. The van der Waals surface area contributed by atoms with Crippen molar-refractivity contribution in [1.82, 2.24) is 4.90 Å². The lowest BCUT2D eigenvalue weighted by atomic mass is 9.85. The number of para-hydroxylation sites is 1. The molecule has 0 radical (unpaired) electrons. The fraction of sp³-hybridized carbons (Fsp3) is 0.333. The van der Waals surface area contributed by atoms with Crippen LogP contribution in [0.25, 0.3) is 6.08 Å². The Kier molecular flexibility index (Phi) is 8.04. The number of benzene rings is 3. The predicted octanol–water partition coefficient (Wildman–Crippen LogP) is 8.37. The van der Waals surface area contributed by atoms with Crippen molar-refractivity contribution in [2.45, 2.75) is 66.0 Å². The van der Waals surface area contributed by atoms with E-state index in [0.29, 0.717) is 12.5 Å². The Morgan fingerprint density at radius 2 is 1.66 bits per heavy atom. The number of amidine groups is 1. The van der Waals surface area contributed by atoms with Gasteiger partial charge in [0.05, 0.1) is 10.6 Å². The molecule has 1 saturated heterocycles. The van der Waals surface area contributed by atoms with Gasteiger partial charge in [0.25, 0.3) is 5.91 Å². The van der Waals surface area contributed by atoms with E-state index in [0.717, 1.165) is 46.3 Å². The Labute approximate surface area is 230 Å². The van der Waals surface area contributed by atoms with Crippen molar-refractivity contribution in [3.05, 3.63) is 99.5 Å². The van der Waals surface area contributed by atoms with Crippen molar-refractivity contribution in [3.63, 3.8) is 0 Å². The molecule has 5 rings (SSSR count). The van der Waals surface area contributed by atoms with Gasteiger partial charge in [0.1, 0.15) is 12.4 Å². The summed E-state index contributed by atoms with van der Waals surface area (Å²) in [5.41, 5.74) is 6.87. The summed E-state index contributed by atoms with van der Waals surface area (Å²) in [6.07, 6.45) is 6.56. The molecule has 5 heteroatoms. The van der Waals surface area contributed by atoms with Gasteiger partial charge in [0.2, 0.25) is 0 Å². The van der Waals surface area contributed by atoms with Gasteiger partial charge in [-0.3, -0.25) is 9.69 Å². The first-order valence-electron chi connectivity index (χ1n) is 13.6. The highest BCUT2D eigenvalue weighted by atomic mass is 32.2. The van der Waals surface area contributed by atoms with E-state index < -0.39 is 0 Å². The summed E-state index contributed by atoms with van der Waals surface area (Å²) in [5, 5.41) is 0.787. The number of carbonyl (C=O) groups is 1. The molecule has 2 atom stereocenters. The zero-order valence-electron chi connectivity index (χ0n) is 22.7.